The van der Waals surface area contributed by atoms with E-state index < -0.39 is 17.8 Å². The van der Waals surface area contributed by atoms with Gasteiger partial charge < -0.3 is 9.84 Å². The topological polar surface area (TPSA) is 63.6 Å². The van der Waals surface area contributed by atoms with E-state index in [0.717, 1.165) is 44.1 Å². The van der Waals surface area contributed by atoms with Crippen molar-refractivity contribution < 1.29 is 19.4 Å². The van der Waals surface area contributed by atoms with Crippen LogP contribution in [0, 0.1) is 11.8 Å². The highest BCUT2D eigenvalue weighted by atomic mass is 16.5. The molecular weight excluding hydrogens is 340 g/mol. The number of rotatable bonds is 11. The van der Waals surface area contributed by atoms with Gasteiger partial charge >= 0.3 is 11.9 Å². The van der Waals surface area contributed by atoms with E-state index in [2.05, 4.69) is 39.0 Å². The summed E-state index contributed by atoms with van der Waals surface area (Å²) in [6.07, 6.45) is 13.2. The van der Waals surface area contributed by atoms with E-state index in [4.69, 9.17) is 4.74 Å². The van der Waals surface area contributed by atoms with Crippen LogP contribution in [0.2, 0.25) is 0 Å². The van der Waals surface area contributed by atoms with Crippen LogP contribution in [0.4, 0.5) is 0 Å². The lowest BCUT2D eigenvalue weighted by atomic mass is 9.78. The van der Waals surface area contributed by atoms with Crippen LogP contribution < -0.4 is 0 Å². The van der Waals surface area contributed by atoms with E-state index in [1.54, 1.807) is 0 Å². The molecule has 152 valence electrons. The second-order valence-corrected chi connectivity index (χ2v) is 7.78. The van der Waals surface area contributed by atoms with Crippen molar-refractivity contribution in [2.75, 3.05) is 6.61 Å². The molecular formula is C23H36O4. The molecule has 0 aromatic heterocycles. The van der Waals surface area contributed by atoms with Crippen molar-refractivity contribution in [3.8, 4) is 0 Å². The number of esters is 1. The van der Waals surface area contributed by atoms with Crippen LogP contribution in [0.5, 0.6) is 0 Å². The molecule has 0 aliphatic heterocycles. The van der Waals surface area contributed by atoms with Crippen LogP contribution in [0.15, 0.2) is 34.9 Å². The zero-order valence-corrected chi connectivity index (χ0v) is 17.4. The first-order valence-electron chi connectivity index (χ1n) is 10.2. The average Bonchev–Trinajstić information content (AvgIpc) is 2.61. The van der Waals surface area contributed by atoms with Gasteiger partial charge in [-0.25, -0.2) is 0 Å². The lowest BCUT2D eigenvalue weighted by Gasteiger charge is -2.27. The molecule has 0 heterocycles. The van der Waals surface area contributed by atoms with E-state index in [0.29, 0.717) is 19.4 Å². The number of aliphatic carboxylic acids is 1. The third-order valence-corrected chi connectivity index (χ3v) is 5.04. The van der Waals surface area contributed by atoms with Crippen LogP contribution in [0.25, 0.3) is 0 Å². The van der Waals surface area contributed by atoms with Gasteiger partial charge in [0.2, 0.25) is 0 Å². The maximum Gasteiger partial charge on any atom is 0.310 e. The molecule has 0 spiro atoms. The summed E-state index contributed by atoms with van der Waals surface area (Å²) in [5.74, 6) is -2.47. The first kappa shape index (κ1) is 23.2. The van der Waals surface area contributed by atoms with Gasteiger partial charge in [-0.1, -0.05) is 48.3 Å². The minimum Gasteiger partial charge on any atom is -0.481 e. The number of carbonyl (C=O) groups is 2. The molecule has 2 unspecified atom stereocenters. The highest BCUT2D eigenvalue weighted by molar-refractivity contribution is 5.82. The summed E-state index contributed by atoms with van der Waals surface area (Å²) in [5, 5.41) is 9.55. The molecule has 1 aliphatic rings. The Morgan fingerprint density at radius 1 is 1.19 bits per heavy atom. The SMILES string of the molecule is CCCCOC(=O)C1CC=C(CCC=C(C)CCC=C(C)C)CC1C(=O)O. The Hall–Kier alpha value is -1.84. The molecule has 2 atom stereocenters. The molecule has 1 aliphatic carbocycles. The van der Waals surface area contributed by atoms with Gasteiger partial charge in [-0.3, -0.25) is 9.59 Å². The Bertz CT molecular complexity index is 579. The van der Waals surface area contributed by atoms with Crippen LogP contribution >= 0.6 is 0 Å². The van der Waals surface area contributed by atoms with Gasteiger partial charge in [0, 0.05) is 0 Å². The van der Waals surface area contributed by atoms with Gasteiger partial charge in [-0.2, -0.15) is 0 Å². The third kappa shape index (κ3) is 9.07. The minimum atomic E-state index is -0.897. The largest absolute Gasteiger partial charge is 0.481 e. The summed E-state index contributed by atoms with van der Waals surface area (Å²) < 4.78 is 5.26. The highest BCUT2D eigenvalue weighted by Crippen LogP contribution is 2.33. The first-order chi connectivity index (χ1) is 12.8. The monoisotopic (exact) mass is 376 g/mol. The van der Waals surface area contributed by atoms with E-state index in [1.807, 2.05) is 6.92 Å². The number of carboxylic acids is 1. The summed E-state index contributed by atoms with van der Waals surface area (Å²) >= 11 is 0. The molecule has 4 nitrogen and oxygen atoms in total. The predicted molar refractivity (Wildman–Crippen MR) is 109 cm³/mol. The van der Waals surface area contributed by atoms with Crippen molar-refractivity contribution in [1.82, 2.24) is 0 Å². The van der Waals surface area contributed by atoms with Gasteiger partial charge in [-0.15, -0.1) is 0 Å². The second-order valence-electron chi connectivity index (χ2n) is 7.78. The molecule has 27 heavy (non-hydrogen) atoms. The smallest absolute Gasteiger partial charge is 0.310 e. The van der Waals surface area contributed by atoms with Crippen molar-refractivity contribution in [3.63, 3.8) is 0 Å². The minimum absolute atomic E-state index is 0.360. The fourth-order valence-corrected chi connectivity index (χ4v) is 3.31. The Morgan fingerprint density at radius 2 is 1.93 bits per heavy atom. The molecule has 0 radical (unpaired) electrons. The van der Waals surface area contributed by atoms with Crippen molar-refractivity contribution in [2.45, 2.75) is 79.1 Å². The zero-order valence-electron chi connectivity index (χ0n) is 17.4. The summed E-state index contributed by atoms with van der Waals surface area (Å²) in [7, 11) is 0. The lowest BCUT2D eigenvalue weighted by Crippen LogP contribution is -2.33. The summed E-state index contributed by atoms with van der Waals surface area (Å²) in [5.41, 5.74) is 3.86. The van der Waals surface area contributed by atoms with Gasteiger partial charge in [0.15, 0.2) is 0 Å². The summed E-state index contributed by atoms with van der Waals surface area (Å²) in [6, 6.07) is 0. The lowest BCUT2D eigenvalue weighted by molar-refractivity contribution is -0.158. The number of carbonyl (C=O) groups excluding carboxylic acids is 1. The predicted octanol–water partition coefficient (Wildman–Crippen LogP) is 5.84. The maximum atomic E-state index is 12.2. The second kappa shape index (κ2) is 12.5. The van der Waals surface area contributed by atoms with Gasteiger partial charge in [-0.05, 0) is 65.7 Å². The van der Waals surface area contributed by atoms with Gasteiger partial charge in [0.1, 0.15) is 0 Å². The van der Waals surface area contributed by atoms with Crippen LogP contribution in [-0.2, 0) is 14.3 Å². The van der Waals surface area contributed by atoms with E-state index in [1.165, 1.54) is 11.1 Å². The molecule has 1 N–H and O–H groups in total. The summed E-state index contributed by atoms with van der Waals surface area (Å²) in [6.45, 7) is 8.78. The molecule has 0 amide bonds. The molecule has 4 heteroatoms. The number of hydrogen-bond donors (Lipinski definition) is 1. The number of unbranched alkanes of at least 4 members (excludes halogenated alkanes) is 1. The Kier molecular flexibility index (Phi) is 10.8. The van der Waals surface area contributed by atoms with Crippen molar-refractivity contribution in [1.29, 1.82) is 0 Å². The first-order valence-corrected chi connectivity index (χ1v) is 10.2. The molecule has 0 saturated carbocycles. The molecule has 0 aromatic carbocycles. The normalized spacial score (nSPS) is 20.0. The number of ether oxygens (including phenoxy) is 1. The van der Waals surface area contributed by atoms with Crippen molar-refractivity contribution in [3.05, 3.63) is 34.9 Å². The number of allylic oxidation sites excluding steroid dienone is 6. The molecule has 0 fully saturated rings. The standard InChI is InChI=1S/C23H36O4/c1-5-6-15-27-23(26)20-14-13-19(16-21(20)22(24)25)12-8-11-18(4)10-7-9-17(2)3/h9,11,13,20-21H,5-8,10,12,14-16H2,1-4H3,(H,24,25). The highest BCUT2D eigenvalue weighted by Gasteiger charge is 2.37. The number of carboxylic acid groups (broad SMARTS) is 1. The van der Waals surface area contributed by atoms with Crippen molar-refractivity contribution in [2.24, 2.45) is 11.8 Å². The maximum absolute atomic E-state index is 12.2. The van der Waals surface area contributed by atoms with Crippen molar-refractivity contribution >= 4 is 11.9 Å². The van der Waals surface area contributed by atoms with Gasteiger partial charge in [0.25, 0.3) is 0 Å². The molecule has 0 aromatic rings. The van der Waals surface area contributed by atoms with Crippen LogP contribution in [0.1, 0.15) is 79.1 Å². The van der Waals surface area contributed by atoms with Gasteiger partial charge in [0.05, 0.1) is 18.4 Å². The molecule has 1 rings (SSSR count). The van der Waals surface area contributed by atoms with E-state index in [9.17, 15) is 14.7 Å². The fourth-order valence-electron chi connectivity index (χ4n) is 3.31. The fraction of sp³-hybridized carbons (Fsp3) is 0.652. The Labute approximate surface area is 164 Å². The third-order valence-electron chi connectivity index (χ3n) is 5.04. The average molecular weight is 377 g/mol. The zero-order chi connectivity index (χ0) is 20.2. The Balaban J connectivity index is 2.55. The quantitative estimate of drug-likeness (QED) is 0.279. The molecule has 0 bridgehead atoms. The molecule has 0 saturated heterocycles. The van der Waals surface area contributed by atoms with Crippen LogP contribution in [0.3, 0.4) is 0 Å². The summed E-state index contributed by atoms with van der Waals surface area (Å²) in [4.78, 5) is 23.9. The van der Waals surface area contributed by atoms with E-state index >= 15 is 0 Å². The number of hydrogen-bond acceptors (Lipinski definition) is 3. The Morgan fingerprint density at radius 3 is 2.56 bits per heavy atom. The van der Waals surface area contributed by atoms with Crippen LogP contribution in [-0.4, -0.2) is 23.7 Å². The van der Waals surface area contributed by atoms with E-state index in [-0.39, 0.29) is 5.97 Å².